The first-order chi connectivity index (χ1) is 14.2. The zero-order valence-electron chi connectivity index (χ0n) is 17.9. The molecule has 0 spiro atoms. The van der Waals surface area contributed by atoms with Gasteiger partial charge in [0.2, 0.25) is 10.0 Å². The number of benzene rings is 2. The second-order valence-corrected chi connectivity index (χ2v) is 10.3. The molecule has 6 nitrogen and oxygen atoms in total. The number of carbonyl (C=O) groups is 1. The molecule has 0 aliphatic carbocycles. The first kappa shape index (κ1) is 22.2. The fourth-order valence-corrected chi connectivity index (χ4v) is 5.41. The maximum absolute atomic E-state index is 13.3. The van der Waals surface area contributed by atoms with E-state index in [1.54, 1.807) is 36.4 Å². The van der Waals surface area contributed by atoms with Crippen molar-refractivity contribution >= 4 is 21.6 Å². The van der Waals surface area contributed by atoms with Crippen LogP contribution in [-0.4, -0.2) is 33.0 Å². The summed E-state index contributed by atoms with van der Waals surface area (Å²) in [6.45, 7) is 8.16. The van der Waals surface area contributed by atoms with Gasteiger partial charge < -0.3 is 10.1 Å². The molecule has 30 heavy (non-hydrogen) atoms. The van der Waals surface area contributed by atoms with E-state index in [1.807, 2.05) is 18.2 Å². The van der Waals surface area contributed by atoms with Gasteiger partial charge in [0.25, 0.3) is 5.91 Å². The van der Waals surface area contributed by atoms with Crippen molar-refractivity contribution in [1.29, 1.82) is 0 Å². The van der Waals surface area contributed by atoms with Gasteiger partial charge in [0.05, 0.1) is 18.0 Å². The molecule has 1 aliphatic rings. The van der Waals surface area contributed by atoms with E-state index in [9.17, 15) is 13.2 Å². The zero-order valence-corrected chi connectivity index (χ0v) is 18.7. The number of hydrogen-bond acceptors (Lipinski definition) is 4. The molecule has 2 aromatic carbocycles. The molecule has 0 unspecified atom stereocenters. The molecule has 0 radical (unpaired) electrons. The molecule has 1 aliphatic heterocycles. The van der Waals surface area contributed by atoms with Crippen LogP contribution in [0.25, 0.3) is 0 Å². The Bertz CT molecular complexity index is 966. The number of fused-ring (bicyclic) bond motifs is 1. The summed E-state index contributed by atoms with van der Waals surface area (Å²) in [5, 5.41) is 3.05. The van der Waals surface area contributed by atoms with E-state index >= 15 is 0 Å². The predicted octanol–water partition coefficient (Wildman–Crippen LogP) is 3.58. The van der Waals surface area contributed by atoms with E-state index in [-0.39, 0.29) is 36.1 Å². The highest BCUT2D eigenvalue weighted by atomic mass is 32.2. The summed E-state index contributed by atoms with van der Waals surface area (Å²) in [6.07, 6.45) is -0.912. The van der Waals surface area contributed by atoms with Crippen molar-refractivity contribution in [3.63, 3.8) is 0 Å². The van der Waals surface area contributed by atoms with Gasteiger partial charge in [-0.25, -0.2) is 8.42 Å². The molecule has 0 saturated heterocycles. The lowest BCUT2D eigenvalue weighted by Gasteiger charge is -2.36. The maximum atomic E-state index is 13.3. The Morgan fingerprint density at radius 2 is 1.63 bits per heavy atom. The summed E-state index contributed by atoms with van der Waals surface area (Å²) < 4.78 is 33.7. The summed E-state index contributed by atoms with van der Waals surface area (Å²) in [5.74, 6) is 0.463. The third kappa shape index (κ3) is 4.95. The lowest BCUT2D eigenvalue weighted by Crippen LogP contribution is -2.54. The van der Waals surface area contributed by atoms with Crippen molar-refractivity contribution < 1.29 is 17.9 Å². The third-order valence-electron chi connectivity index (χ3n) is 5.30. The summed E-state index contributed by atoms with van der Waals surface area (Å²) in [6, 6.07) is 16.0. The number of carbonyl (C=O) groups excluding carboxylic acids is 1. The van der Waals surface area contributed by atoms with Crippen LogP contribution in [-0.2, 0) is 20.6 Å². The van der Waals surface area contributed by atoms with Crippen LogP contribution in [0.5, 0.6) is 5.75 Å². The molecule has 2 aromatic rings. The smallest absolute Gasteiger partial charge is 0.263 e. The third-order valence-corrected chi connectivity index (χ3v) is 7.02. The highest BCUT2D eigenvalue weighted by Gasteiger charge is 2.37. The number of rotatable bonds is 7. The molecule has 0 bridgehead atoms. The maximum Gasteiger partial charge on any atom is 0.263 e. The molecule has 1 atom stereocenters. The monoisotopic (exact) mass is 430 g/mol. The van der Waals surface area contributed by atoms with E-state index in [2.05, 4.69) is 33.0 Å². The van der Waals surface area contributed by atoms with Gasteiger partial charge in [-0.2, -0.15) is 0 Å². The predicted molar refractivity (Wildman–Crippen MR) is 119 cm³/mol. The SMILES string of the molecule is CC(C)C(NC(=O)[C@@H]1CN(S(=O)(=O)Cc2ccccc2)c2ccccc2O1)C(C)C. The Labute approximate surface area is 179 Å². The Kier molecular flexibility index (Phi) is 6.71. The van der Waals surface area contributed by atoms with E-state index < -0.39 is 16.1 Å². The Morgan fingerprint density at radius 3 is 2.27 bits per heavy atom. The van der Waals surface area contributed by atoms with Crippen LogP contribution in [0.15, 0.2) is 54.6 Å². The fourth-order valence-electron chi connectivity index (χ4n) is 3.83. The molecule has 162 valence electrons. The molecule has 3 rings (SSSR count). The van der Waals surface area contributed by atoms with Crippen molar-refractivity contribution in [2.75, 3.05) is 10.8 Å². The minimum atomic E-state index is -3.70. The lowest BCUT2D eigenvalue weighted by molar-refractivity contribution is -0.129. The normalized spacial score (nSPS) is 16.5. The summed E-state index contributed by atoms with van der Waals surface area (Å²) in [7, 11) is -3.70. The van der Waals surface area contributed by atoms with Crippen molar-refractivity contribution in [2.24, 2.45) is 11.8 Å². The van der Waals surface area contributed by atoms with Gasteiger partial charge in [0.15, 0.2) is 6.10 Å². The quantitative estimate of drug-likeness (QED) is 0.729. The van der Waals surface area contributed by atoms with Crippen LogP contribution in [0.4, 0.5) is 5.69 Å². The Morgan fingerprint density at radius 1 is 1.03 bits per heavy atom. The fraction of sp³-hybridized carbons (Fsp3) is 0.435. The molecular weight excluding hydrogens is 400 g/mol. The van der Waals surface area contributed by atoms with Crippen LogP contribution in [0.1, 0.15) is 33.3 Å². The first-order valence-electron chi connectivity index (χ1n) is 10.3. The van der Waals surface area contributed by atoms with E-state index in [0.717, 1.165) is 0 Å². The lowest BCUT2D eigenvalue weighted by atomic mass is 9.93. The molecule has 0 saturated carbocycles. The van der Waals surface area contributed by atoms with Crippen LogP contribution in [0.3, 0.4) is 0 Å². The molecular formula is C23H30N2O4S. The Balaban J connectivity index is 1.88. The number of hydrogen-bond donors (Lipinski definition) is 1. The molecule has 1 N–H and O–H groups in total. The highest BCUT2D eigenvalue weighted by molar-refractivity contribution is 7.92. The van der Waals surface area contributed by atoms with Crippen LogP contribution in [0, 0.1) is 11.8 Å². The molecule has 1 heterocycles. The molecule has 1 amide bonds. The van der Waals surface area contributed by atoms with Crippen molar-refractivity contribution in [3.05, 3.63) is 60.2 Å². The number of nitrogens with zero attached hydrogens (tertiary/aromatic N) is 1. The van der Waals surface area contributed by atoms with Crippen molar-refractivity contribution in [1.82, 2.24) is 5.32 Å². The second-order valence-electron chi connectivity index (χ2n) is 8.37. The molecule has 7 heteroatoms. The summed E-state index contributed by atoms with van der Waals surface area (Å²) in [5.41, 5.74) is 1.16. The van der Waals surface area contributed by atoms with Crippen molar-refractivity contribution in [2.45, 2.75) is 45.6 Å². The van der Waals surface area contributed by atoms with Crippen LogP contribution in [0.2, 0.25) is 0 Å². The van der Waals surface area contributed by atoms with Gasteiger partial charge in [-0.3, -0.25) is 9.10 Å². The minimum absolute atomic E-state index is 0.0207. The summed E-state index contributed by atoms with van der Waals surface area (Å²) >= 11 is 0. The van der Waals surface area contributed by atoms with E-state index in [0.29, 0.717) is 17.0 Å². The second kappa shape index (κ2) is 9.08. The summed E-state index contributed by atoms with van der Waals surface area (Å²) in [4.78, 5) is 13.0. The average molecular weight is 431 g/mol. The number of ether oxygens (including phenoxy) is 1. The average Bonchev–Trinajstić information content (AvgIpc) is 2.70. The number of nitrogens with one attached hydrogen (secondary N) is 1. The van der Waals surface area contributed by atoms with E-state index in [1.165, 1.54) is 4.31 Å². The topological polar surface area (TPSA) is 75.7 Å². The number of para-hydroxylation sites is 2. The number of anilines is 1. The molecule has 0 aromatic heterocycles. The Hall–Kier alpha value is -2.54. The van der Waals surface area contributed by atoms with Gasteiger partial charge in [-0.1, -0.05) is 70.2 Å². The van der Waals surface area contributed by atoms with Crippen LogP contribution < -0.4 is 14.4 Å². The standard InChI is InChI=1S/C23H30N2O4S/c1-16(2)22(17(3)4)24-23(26)21-14-25(19-12-8-9-13-20(19)29-21)30(27,28)15-18-10-6-5-7-11-18/h5-13,16-17,21-22H,14-15H2,1-4H3,(H,24,26)/t21-/m0/s1. The van der Waals surface area contributed by atoms with Gasteiger partial charge in [-0.05, 0) is 29.5 Å². The van der Waals surface area contributed by atoms with Crippen LogP contribution >= 0.6 is 0 Å². The first-order valence-corrected chi connectivity index (χ1v) is 11.9. The van der Waals surface area contributed by atoms with Gasteiger partial charge in [0, 0.05) is 6.04 Å². The van der Waals surface area contributed by atoms with Gasteiger partial charge >= 0.3 is 0 Å². The highest BCUT2D eigenvalue weighted by Crippen LogP contribution is 2.35. The zero-order chi connectivity index (χ0) is 21.9. The largest absolute Gasteiger partial charge is 0.476 e. The van der Waals surface area contributed by atoms with Gasteiger partial charge in [-0.15, -0.1) is 0 Å². The van der Waals surface area contributed by atoms with E-state index in [4.69, 9.17) is 4.74 Å². The minimum Gasteiger partial charge on any atom is -0.476 e. The number of amides is 1. The van der Waals surface area contributed by atoms with Gasteiger partial charge in [0.1, 0.15) is 5.75 Å². The van der Waals surface area contributed by atoms with Crippen molar-refractivity contribution in [3.8, 4) is 5.75 Å². The molecule has 0 fully saturated rings. The number of sulfonamides is 1.